The molecule has 0 saturated heterocycles. The van der Waals surface area contributed by atoms with E-state index in [0.717, 1.165) is 22.3 Å². The molecule has 0 radical (unpaired) electrons. The van der Waals surface area contributed by atoms with Crippen molar-refractivity contribution in [2.45, 2.75) is 47.5 Å². The first-order chi connectivity index (χ1) is 14.5. The highest BCUT2D eigenvalue weighted by Gasteiger charge is 2.67. The minimum Gasteiger partial charge on any atom is -0.294 e. The van der Waals surface area contributed by atoms with E-state index in [2.05, 4.69) is 65.8 Å². The SMILES string of the molecule is CC(C)(C)C1=CC2(C=C(C(C)(C)C)C1=O)[C@H](C(=O)c1ccccc1)[C@H]2c1ccccc1. The van der Waals surface area contributed by atoms with E-state index in [-0.39, 0.29) is 34.2 Å². The molecule has 2 aliphatic carbocycles. The van der Waals surface area contributed by atoms with Crippen LogP contribution in [0, 0.1) is 22.2 Å². The van der Waals surface area contributed by atoms with E-state index in [1.807, 2.05) is 48.5 Å². The number of allylic oxidation sites excluding steroid dienone is 4. The number of carbonyl (C=O) groups excluding carboxylic acids is 2. The quantitative estimate of drug-likeness (QED) is 0.520. The zero-order chi connectivity index (χ0) is 22.6. The van der Waals surface area contributed by atoms with Crippen LogP contribution in [0.15, 0.2) is 84.0 Å². The van der Waals surface area contributed by atoms with Crippen molar-refractivity contribution in [1.29, 1.82) is 0 Å². The van der Waals surface area contributed by atoms with Crippen molar-refractivity contribution in [1.82, 2.24) is 0 Å². The molecule has 0 unspecified atom stereocenters. The van der Waals surface area contributed by atoms with Crippen LogP contribution >= 0.6 is 0 Å². The summed E-state index contributed by atoms with van der Waals surface area (Å²) in [7, 11) is 0. The molecule has 160 valence electrons. The Morgan fingerprint density at radius 3 is 1.65 bits per heavy atom. The van der Waals surface area contributed by atoms with Crippen LogP contribution in [0.2, 0.25) is 0 Å². The minimum absolute atomic E-state index is 0.0317. The smallest absolute Gasteiger partial charge is 0.185 e. The minimum atomic E-state index is -0.465. The maximum Gasteiger partial charge on any atom is 0.185 e. The lowest BCUT2D eigenvalue weighted by molar-refractivity contribution is -0.114. The lowest BCUT2D eigenvalue weighted by atomic mass is 9.69. The predicted octanol–water partition coefficient (Wildman–Crippen LogP) is 6.80. The van der Waals surface area contributed by atoms with E-state index < -0.39 is 5.41 Å². The van der Waals surface area contributed by atoms with E-state index in [1.54, 1.807) is 0 Å². The summed E-state index contributed by atoms with van der Waals surface area (Å²) in [6.07, 6.45) is 4.27. The van der Waals surface area contributed by atoms with Gasteiger partial charge >= 0.3 is 0 Å². The first kappa shape index (κ1) is 21.5. The Morgan fingerprint density at radius 1 is 0.742 bits per heavy atom. The average molecular weight is 413 g/mol. The van der Waals surface area contributed by atoms with Gasteiger partial charge in [0.2, 0.25) is 0 Å². The molecule has 0 amide bonds. The van der Waals surface area contributed by atoms with E-state index in [1.165, 1.54) is 0 Å². The summed E-state index contributed by atoms with van der Waals surface area (Å²) in [5, 5.41) is 0. The van der Waals surface area contributed by atoms with Gasteiger partial charge in [0.15, 0.2) is 11.6 Å². The fourth-order valence-corrected chi connectivity index (χ4v) is 5.02. The number of Topliss-reactive ketones (excluding diaryl/α,β-unsaturated/α-hetero) is 2. The monoisotopic (exact) mass is 412 g/mol. The maximum atomic E-state index is 13.7. The molecule has 0 heterocycles. The molecule has 1 spiro atoms. The summed E-state index contributed by atoms with van der Waals surface area (Å²) in [6.45, 7) is 12.5. The molecule has 0 aromatic heterocycles. The number of benzene rings is 2. The zero-order valence-corrected chi connectivity index (χ0v) is 19.4. The van der Waals surface area contributed by atoms with Crippen LogP contribution in [-0.4, -0.2) is 11.6 Å². The molecule has 1 fully saturated rings. The first-order valence-corrected chi connectivity index (χ1v) is 11.1. The molecule has 31 heavy (non-hydrogen) atoms. The molecular weight excluding hydrogens is 380 g/mol. The number of hydrogen-bond acceptors (Lipinski definition) is 2. The van der Waals surface area contributed by atoms with Crippen LogP contribution in [0.25, 0.3) is 0 Å². The van der Waals surface area contributed by atoms with Crippen LogP contribution in [0.3, 0.4) is 0 Å². The molecule has 2 nitrogen and oxygen atoms in total. The molecule has 0 bridgehead atoms. The normalized spacial score (nSPS) is 22.7. The first-order valence-electron chi connectivity index (χ1n) is 11.1. The van der Waals surface area contributed by atoms with Gasteiger partial charge in [0.05, 0.1) is 0 Å². The van der Waals surface area contributed by atoms with Crippen molar-refractivity contribution >= 4 is 11.6 Å². The van der Waals surface area contributed by atoms with E-state index in [4.69, 9.17) is 0 Å². The van der Waals surface area contributed by atoms with Gasteiger partial charge in [0.1, 0.15) is 0 Å². The Labute approximate surface area is 186 Å². The lowest BCUT2D eigenvalue weighted by Gasteiger charge is -2.34. The highest BCUT2D eigenvalue weighted by molar-refractivity contribution is 6.12. The molecule has 2 aromatic rings. The molecule has 2 aliphatic rings. The number of ketones is 2. The van der Waals surface area contributed by atoms with Crippen molar-refractivity contribution in [3.05, 3.63) is 95.1 Å². The summed E-state index contributed by atoms with van der Waals surface area (Å²) >= 11 is 0. The van der Waals surface area contributed by atoms with E-state index >= 15 is 0 Å². The molecule has 4 rings (SSSR count). The molecule has 0 aliphatic heterocycles. The van der Waals surface area contributed by atoms with Gasteiger partial charge < -0.3 is 0 Å². The average Bonchev–Trinajstić information content (AvgIpc) is 3.36. The van der Waals surface area contributed by atoms with Gasteiger partial charge in [-0.3, -0.25) is 9.59 Å². The van der Waals surface area contributed by atoms with Crippen LogP contribution in [-0.2, 0) is 4.79 Å². The third-order valence-electron chi connectivity index (χ3n) is 6.69. The van der Waals surface area contributed by atoms with E-state index in [0.29, 0.717) is 0 Å². The molecule has 2 atom stereocenters. The van der Waals surface area contributed by atoms with Gasteiger partial charge in [0.25, 0.3) is 0 Å². The summed E-state index contributed by atoms with van der Waals surface area (Å²) in [5.41, 5.74) is 2.48. The molecule has 2 heteroatoms. The predicted molar refractivity (Wildman–Crippen MR) is 126 cm³/mol. The summed E-state index contributed by atoms with van der Waals surface area (Å²) in [5.74, 6) is 0.0948. The number of rotatable bonds is 3. The van der Waals surface area contributed by atoms with Gasteiger partial charge in [-0.05, 0) is 16.4 Å². The molecule has 2 aromatic carbocycles. The van der Waals surface area contributed by atoms with Crippen LogP contribution < -0.4 is 0 Å². The second-order valence-corrected chi connectivity index (χ2v) is 11.0. The third-order valence-corrected chi connectivity index (χ3v) is 6.69. The van der Waals surface area contributed by atoms with Crippen LogP contribution in [0.1, 0.15) is 63.4 Å². The Balaban J connectivity index is 1.93. The Morgan fingerprint density at radius 2 is 1.19 bits per heavy atom. The molecular formula is C29H32O2. The Bertz CT molecular complexity index is 1040. The molecule has 0 N–H and O–H groups in total. The van der Waals surface area contributed by atoms with Gasteiger partial charge in [-0.25, -0.2) is 0 Å². The highest BCUT2D eigenvalue weighted by atomic mass is 16.1. The van der Waals surface area contributed by atoms with Crippen molar-refractivity contribution < 1.29 is 9.59 Å². The lowest BCUT2D eigenvalue weighted by Crippen LogP contribution is -2.31. The van der Waals surface area contributed by atoms with Crippen molar-refractivity contribution in [3.63, 3.8) is 0 Å². The Kier molecular flexibility index (Phi) is 4.96. The maximum absolute atomic E-state index is 13.7. The second kappa shape index (κ2) is 7.15. The van der Waals surface area contributed by atoms with Crippen LogP contribution in [0.5, 0.6) is 0 Å². The fourth-order valence-electron chi connectivity index (χ4n) is 5.02. The number of carbonyl (C=O) groups is 2. The Hall–Kier alpha value is -2.74. The zero-order valence-electron chi connectivity index (χ0n) is 19.4. The standard InChI is InChI=1S/C29H32O2/c1-27(2,3)21-17-29(18-22(26(21)31)28(4,5)6)23(19-13-9-7-10-14-19)24(29)25(30)20-15-11-8-12-16-20/h7-18,23-24H,1-6H3/t23-,24+/m1/s1. The summed E-state index contributed by atoms with van der Waals surface area (Å²) in [4.78, 5) is 27.2. The second-order valence-electron chi connectivity index (χ2n) is 11.0. The van der Waals surface area contributed by atoms with Crippen molar-refractivity contribution in [2.24, 2.45) is 22.2 Å². The van der Waals surface area contributed by atoms with Gasteiger partial charge in [-0.15, -0.1) is 0 Å². The topological polar surface area (TPSA) is 34.1 Å². The fraction of sp³-hybridized carbons (Fsp3) is 0.379. The van der Waals surface area contributed by atoms with Gasteiger partial charge in [0, 0.05) is 34.0 Å². The highest BCUT2D eigenvalue weighted by Crippen LogP contribution is 2.70. The van der Waals surface area contributed by atoms with Crippen molar-refractivity contribution in [2.75, 3.05) is 0 Å². The molecule has 1 saturated carbocycles. The largest absolute Gasteiger partial charge is 0.294 e. The van der Waals surface area contributed by atoms with Crippen molar-refractivity contribution in [3.8, 4) is 0 Å². The van der Waals surface area contributed by atoms with Gasteiger partial charge in [-0.1, -0.05) is 114 Å². The van der Waals surface area contributed by atoms with Gasteiger partial charge in [-0.2, -0.15) is 0 Å². The van der Waals surface area contributed by atoms with Crippen LogP contribution in [0.4, 0.5) is 0 Å². The third kappa shape index (κ3) is 3.63. The number of hydrogen-bond donors (Lipinski definition) is 0. The summed E-state index contributed by atoms with van der Waals surface area (Å²) in [6, 6.07) is 19.8. The summed E-state index contributed by atoms with van der Waals surface area (Å²) < 4.78 is 0. The van der Waals surface area contributed by atoms with E-state index in [9.17, 15) is 9.59 Å².